The number of nitrogens with zero attached hydrogens (tertiary/aromatic N) is 2. The van der Waals surface area contributed by atoms with Gasteiger partial charge in [-0.2, -0.15) is 5.10 Å². The first kappa shape index (κ1) is 18.9. The summed E-state index contributed by atoms with van der Waals surface area (Å²) in [5, 5.41) is 4.63. The number of rotatable bonds is 5. The molecule has 1 atom stereocenters. The molecular weight excluding hydrogens is 368 g/mol. The molecule has 3 aromatic rings. The normalized spacial score (nSPS) is 16.4. The van der Waals surface area contributed by atoms with Gasteiger partial charge in [0.05, 0.1) is 12.8 Å². The fourth-order valence-corrected chi connectivity index (χ4v) is 3.47. The number of hydrogen-bond acceptors (Lipinski definition) is 5. The van der Waals surface area contributed by atoms with E-state index in [1.165, 1.54) is 0 Å². The Morgan fingerprint density at radius 1 is 1.07 bits per heavy atom. The number of ketones is 1. The molecule has 6 heteroatoms. The predicted octanol–water partition coefficient (Wildman–Crippen LogP) is 4.22. The Labute approximate surface area is 169 Å². The van der Waals surface area contributed by atoms with Gasteiger partial charge in [0.15, 0.2) is 11.9 Å². The highest BCUT2D eigenvalue weighted by Gasteiger charge is 2.28. The number of benzene rings is 2. The summed E-state index contributed by atoms with van der Waals surface area (Å²) in [6.45, 7) is 0. The van der Waals surface area contributed by atoms with Crippen LogP contribution in [0.15, 0.2) is 60.8 Å². The maximum absolute atomic E-state index is 13.0. The molecule has 0 spiro atoms. The molecule has 1 heterocycles. The van der Waals surface area contributed by atoms with Gasteiger partial charge < -0.3 is 9.47 Å². The van der Waals surface area contributed by atoms with Gasteiger partial charge in [0.1, 0.15) is 17.0 Å². The Hall–Kier alpha value is -3.41. The van der Waals surface area contributed by atoms with Crippen LogP contribution in [-0.4, -0.2) is 34.7 Å². The number of hydrogen-bond donors (Lipinski definition) is 0. The standard InChI is InChI=1S/C23H22N2O4/c1-28-18-13-11-16(12-14-18)22-19(15-25(24-22)17-7-3-2-4-8-17)23(27)29-21-10-6-5-9-20(21)26/h2-4,7-8,11-15,21H,5-6,9-10H2,1H3/t21-/m0/s1. The van der Waals surface area contributed by atoms with Crippen molar-refractivity contribution in [1.29, 1.82) is 0 Å². The molecule has 6 nitrogen and oxygen atoms in total. The first-order valence-corrected chi connectivity index (χ1v) is 9.69. The van der Waals surface area contributed by atoms with E-state index < -0.39 is 12.1 Å². The molecule has 1 fully saturated rings. The number of ether oxygens (including phenoxy) is 2. The minimum Gasteiger partial charge on any atom is -0.497 e. The second-order valence-corrected chi connectivity index (χ2v) is 7.01. The molecule has 1 aliphatic rings. The van der Waals surface area contributed by atoms with Crippen LogP contribution in [0.5, 0.6) is 5.75 Å². The van der Waals surface area contributed by atoms with Gasteiger partial charge in [0.25, 0.3) is 0 Å². The van der Waals surface area contributed by atoms with Gasteiger partial charge in [-0.25, -0.2) is 9.48 Å². The van der Waals surface area contributed by atoms with Crippen LogP contribution in [0.4, 0.5) is 0 Å². The minimum absolute atomic E-state index is 0.00829. The largest absolute Gasteiger partial charge is 0.497 e. The summed E-state index contributed by atoms with van der Waals surface area (Å²) in [7, 11) is 1.60. The molecule has 0 aliphatic heterocycles. The Morgan fingerprint density at radius 2 is 1.83 bits per heavy atom. The minimum atomic E-state index is -0.667. The van der Waals surface area contributed by atoms with Gasteiger partial charge in [-0.3, -0.25) is 4.79 Å². The van der Waals surface area contributed by atoms with E-state index in [0.29, 0.717) is 29.8 Å². The smallest absolute Gasteiger partial charge is 0.342 e. The van der Waals surface area contributed by atoms with E-state index >= 15 is 0 Å². The van der Waals surface area contributed by atoms with Crippen molar-refractivity contribution in [3.05, 3.63) is 66.4 Å². The van der Waals surface area contributed by atoms with Crippen LogP contribution in [0.25, 0.3) is 16.9 Å². The number of para-hydroxylation sites is 1. The van der Waals surface area contributed by atoms with Crippen LogP contribution in [0.1, 0.15) is 36.0 Å². The third kappa shape index (κ3) is 4.06. The van der Waals surface area contributed by atoms with Crippen molar-refractivity contribution in [2.24, 2.45) is 0 Å². The van der Waals surface area contributed by atoms with Crippen LogP contribution in [0.3, 0.4) is 0 Å². The summed E-state index contributed by atoms with van der Waals surface area (Å²) >= 11 is 0. The topological polar surface area (TPSA) is 70.4 Å². The van der Waals surface area contributed by atoms with E-state index in [1.54, 1.807) is 18.0 Å². The molecule has 0 amide bonds. The summed E-state index contributed by atoms with van der Waals surface area (Å²) in [6, 6.07) is 16.9. The highest BCUT2D eigenvalue weighted by molar-refractivity contribution is 5.98. The van der Waals surface area contributed by atoms with Gasteiger partial charge in [-0.1, -0.05) is 18.2 Å². The Morgan fingerprint density at radius 3 is 2.52 bits per heavy atom. The van der Waals surface area contributed by atoms with Crippen molar-refractivity contribution in [3.63, 3.8) is 0 Å². The van der Waals surface area contributed by atoms with E-state index in [1.807, 2.05) is 54.6 Å². The number of carbonyl (C=O) groups is 2. The Balaban J connectivity index is 1.71. The maximum atomic E-state index is 13.0. The summed E-state index contributed by atoms with van der Waals surface area (Å²) in [4.78, 5) is 25.1. The molecule has 4 rings (SSSR count). The molecule has 29 heavy (non-hydrogen) atoms. The van der Waals surface area contributed by atoms with Gasteiger partial charge >= 0.3 is 5.97 Å². The molecule has 0 radical (unpaired) electrons. The van der Waals surface area contributed by atoms with Crippen LogP contribution >= 0.6 is 0 Å². The third-order valence-corrected chi connectivity index (χ3v) is 5.07. The average Bonchev–Trinajstić information content (AvgIpc) is 3.22. The zero-order chi connectivity index (χ0) is 20.2. The number of esters is 1. The van der Waals surface area contributed by atoms with E-state index in [-0.39, 0.29) is 5.78 Å². The number of Topliss-reactive ketones (excluding diaryl/α,β-unsaturated/α-hetero) is 1. The lowest BCUT2D eigenvalue weighted by atomic mass is 9.96. The lowest BCUT2D eigenvalue weighted by Gasteiger charge is -2.20. The van der Waals surface area contributed by atoms with Crippen molar-refractivity contribution in [2.45, 2.75) is 31.8 Å². The zero-order valence-corrected chi connectivity index (χ0v) is 16.2. The highest BCUT2D eigenvalue weighted by Crippen LogP contribution is 2.27. The van der Waals surface area contributed by atoms with Crippen molar-refractivity contribution in [1.82, 2.24) is 9.78 Å². The molecule has 0 saturated heterocycles. The number of methoxy groups -OCH3 is 1. The molecule has 0 bridgehead atoms. The van der Waals surface area contributed by atoms with E-state index in [0.717, 1.165) is 24.1 Å². The van der Waals surface area contributed by atoms with Crippen molar-refractivity contribution in [2.75, 3.05) is 7.11 Å². The van der Waals surface area contributed by atoms with Crippen molar-refractivity contribution >= 4 is 11.8 Å². The average molecular weight is 390 g/mol. The second-order valence-electron chi connectivity index (χ2n) is 7.01. The molecule has 2 aromatic carbocycles. The number of carbonyl (C=O) groups excluding carboxylic acids is 2. The van der Waals surface area contributed by atoms with Gasteiger partial charge in [-0.05, 0) is 55.7 Å². The first-order valence-electron chi connectivity index (χ1n) is 9.69. The van der Waals surface area contributed by atoms with Crippen LogP contribution in [0.2, 0.25) is 0 Å². The molecule has 0 unspecified atom stereocenters. The third-order valence-electron chi connectivity index (χ3n) is 5.07. The SMILES string of the molecule is COc1ccc(-c2nn(-c3ccccc3)cc2C(=O)O[C@H]2CCCCC2=O)cc1. The summed E-state index contributed by atoms with van der Waals surface area (Å²) in [5.41, 5.74) is 2.43. The maximum Gasteiger partial charge on any atom is 0.342 e. The lowest BCUT2D eigenvalue weighted by molar-refractivity contribution is -0.129. The summed E-state index contributed by atoms with van der Waals surface area (Å²) < 4.78 is 12.4. The van der Waals surface area contributed by atoms with E-state index in [9.17, 15) is 9.59 Å². The van der Waals surface area contributed by atoms with E-state index in [4.69, 9.17) is 9.47 Å². The Bertz CT molecular complexity index is 1010. The molecular formula is C23H22N2O4. The second kappa shape index (κ2) is 8.31. The summed E-state index contributed by atoms with van der Waals surface area (Å²) in [6.07, 6.45) is 3.78. The highest BCUT2D eigenvalue weighted by atomic mass is 16.5. The van der Waals surface area contributed by atoms with Gasteiger partial charge in [-0.15, -0.1) is 0 Å². The van der Waals surface area contributed by atoms with Gasteiger partial charge in [0, 0.05) is 18.2 Å². The molecule has 1 aromatic heterocycles. The van der Waals surface area contributed by atoms with Crippen LogP contribution < -0.4 is 4.74 Å². The monoisotopic (exact) mass is 390 g/mol. The fourth-order valence-electron chi connectivity index (χ4n) is 3.47. The van der Waals surface area contributed by atoms with Crippen LogP contribution in [-0.2, 0) is 9.53 Å². The first-order chi connectivity index (χ1) is 14.2. The van der Waals surface area contributed by atoms with Crippen LogP contribution in [0, 0.1) is 0 Å². The number of aromatic nitrogens is 2. The lowest BCUT2D eigenvalue weighted by Crippen LogP contribution is -2.30. The predicted molar refractivity (Wildman–Crippen MR) is 108 cm³/mol. The van der Waals surface area contributed by atoms with Gasteiger partial charge in [0.2, 0.25) is 0 Å². The molecule has 0 N–H and O–H groups in total. The molecule has 1 aliphatic carbocycles. The Kier molecular flexibility index (Phi) is 5.42. The quantitative estimate of drug-likeness (QED) is 0.610. The molecule has 1 saturated carbocycles. The summed E-state index contributed by atoms with van der Waals surface area (Å²) in [5.74, 6) is 0.178. The molecule has 148 valence electrons. The fraction of sp³-hybridized carbons (Fsp3) is 0.261. The van der Waals surface area contributed by atoms with E-state index in [2.05, 4.69) is 5.10 Å². The van der Waals surface area contributed by atoms with Crippen molar-refractivity contribution < 1.29 is 19.1 Å². The van der Waals surface area contributed by atoms with Crippen molar-refractivity contribution in [3.8, 4) is 22.7 Å². The zero-order valence-electron chi connectivity index (χ0n) is 16.2.